The molecule has 110 valence electrons. The smallest absolute Gasteiger partial charge is 0.129 e. The van der Waals surface area contributed by atoms with Gasteiger partial charge in [-0.25, -0.2) is 4.98 Å². The van der Waals surface area contributed by atoms with Gasteiger partial charge in [-0.1, -0.05) is 18.2 Å². The van der Waals surface area contributed by atoms with Crippen LogP contribution in [-0.2, 0) is 0 Å². The average Bonchev–Trinajstić information content (AvgIpc) is 2.86. The summed E-state index contributed by atoms with van der Waals surface area (Å²) in [5, 5.41) is 4.96. The molecule has 2 aliphatic rings. The predicted molar refractivity (Wildman–Crippen MR) is 87.7 cm³/mol. The van der Waals surface area contributed by atoms with Gasteiger partial charge in [0.1, 0.15) is 5.82 Å². The molecule has 1 aromatic heterocycles. The van der Waals surface area contributed by atoms with Gasteiger partial charge in [0.25, 0.3) is 0 Å². The SMILES string of the molecule is CCN(c1ccc2ccccc2n1)C1CC2CCC(C1)N2. The van der Waals surface area contributed by atoms with E-state index in [0.717, 1.165) is 30.0 Å². The molecule has 2 fully saturated rings. The summed E-state index contributed by atoms with van der Waals surface area (Å²) in [5.74, 6) is 1.14. The number of anilines is 1. The summed E-state index contributed by atoms with van der Waals surface area (Å²) >= 11 is 0. The maximum Gasteiger partial charge on any atom is 0.129 e. The third-order valence-electron chi connectivity index (χ3n) is 5.11. The van der Waals surface area contributed by atoms with Crippen molar-refractivity contribution in [1.82, 2.24) is 10.3 Å². The molecule has 3 heteroatoms. The topological polar surface area (TPSA) is 28.2 Å². The largest absolute Gasteiger partial charge is 0.354 e. The molecule has 2 aromatic rings. The molecular formula is C18H23N3. The number of piperidine rings is 1. The van der Waals surface area contributed by atoms with E-state index in [0.29, 0.717) is 6.04 Å². The highest BCUT2D eigenvalue weighted by Crippen LogP contribution is 2.32. The third-order valence-corrected chi connectivity index (χ3v) is 5.11. The highest BCUT2D eigenvalue weighted by molar-refractivity contribution is 5.80. The van der Waals surface area contributed by atoms with E-state index < -0.39 is 0 Å². The van der Waals surface area contributed by atoms with E-state index >= 15 is 0 Å². The predicted octanol–water partition coefficient (Wildman–Crippen LogP) is 3.34. The fraction of sp³-hybridized carbons (Fsp3) is 0.500. The van der Waals surface area contributed by atoms with Crippen molar-refractivity contribution in [2.45, 2.75) is 50.7 Å². The number of benzene rings is 1. The van der Waals surface area contributed by atoms with Gasteiger partial charge in [0, 0.05) is 30.1 Å². The van der Waals surface area contributed by atoms with Crippen LogP contribution in [0.25, 0.3) is 10.9 Å². The van der Waals surface area contributed by atoms with Crippen LogP contribution >= 0.6 is 0 Å². The van der Waals surface area contributed by atoms with Crippen LogP contribution in [0.1, 0.15) is 32.6 Å². The number of para-hydroxylation sites is 1. The Morgan fingerprint density at radius 2 is 1.86 bits per heavy atom. The Morgan fingerprint density at radius 3 is 2.62 bits per heavy atom. The van der Waals surface area contributed by atoms with E-state index in [1.54, 1.807) is 0 Å². The Bertz CT molecular complexity index is 627. The first-order chi connectivity index (χ1) is 10.3. The molecule has 3 nitrogen and oxygen atoms in total. The molecule has 2 saturated heterocycles. The first-order valence-electron chi connectivity index (χ1n) is 8.22. The summed E-state index contributed by atoms with van der Waals surface area (Å²) in [6, 6.07) is 14.9. The van der Waals surface area contributed by atoms with Crippen LogP contribution in [0, 0.1) is 0 Å². The highest BCUT2D eigenvalue weighted by Gasteiger charge is 2.36. The Kier molecular flexibility index (Phi) is 3.30. The van der Waals surface area contributed by atoms with Crippen LogP contribution in [0.15, 0.2) is 36.4 Å². The first-order valence-corrected chi connectivity index (χ1v) is 8.22. The van der Waals surface area contributed by atoms with Crippen molar-refractivity contribution in [3.05, 3.63) is 36.4 Å². The maximum absolute atomic E-state index is 4.90. The normalized spacial score (nSPS) is 28.0. The van der Waals surface area contributed by atoms with Crippen LogP contribution in [-0.4, -0.2) is 29.7 Å². The third kappa shape index (κ3) is 2.40. The minimum Gasteiger partial charge on any atom is -0.354 e. The molecule has 2 aliphatic heterocycles. The van der Waals surface area contributed by atoms with Crippen LogP contribution in [0.5, 0.6) is 0 Å². The molecule has 0 saturated carbocycles. The Morgan fingerprint density at radius 1 is 1.10 bits per heavy atom. The Labute approximate surface area is 126 Å². The van der Waals surface area contributed by atoms with Crippen LogP contribution in [0.3, 0.4) is 0 Å². The molecule has 21 heavy (non-hydrogen) atoms. The minimum absolute atomic E-state index is 0.641. The monoisotopic (exact) mass is 281 g/mol. The van der Waals surface area contributed by atoms with Gasteiger partial charge in [-0.05, 0) is 50.8 Å². The lowest BCUT2D eigenvalue weighted by atomic mass is 9.98. The van der Waals surface area contributed by atoms with Crippen LogP contribution in [0.4, 0.5) is 5.82 Å². The fourth-order valence-corrected chi connectivity index (χ4v) is 4.10. The number of nitrogens with one attached hydrogen (secondary N) is 1. The Balaban J connectivity index is 1.64. The summed E-state index contributed by atoms with van der Waals surface area (Å²) in [4.78, 5) is 7.41. The van der Waals surface area contributed by atoms with Gasteiger partial charge in [-0.15, -0.1) is 0 Å². The molecule has 0 spiro atoms. The van der Waals surface area contributed by atoms with E-state index in [1.165, 1.54) is 31.1 Å². The van der Waals surface area contributed by atoms with E-state index in [-0.39, 0.29) is 0 Å². The summed E-state index contributed by atoms with van der Waals surface area (Å²) in [6.45, 7) is 3.29. The lowest BCUT2D eigenvalue weighted by Gasteiger charge is -2.38. The quantitative estimate of drug-likeness (QED) is 0.935. The second-order valence-corrected chi connectivity index (χ2v) is 6.41. The summed E-state index contributed by atoms with van der Waals surface area (Å²) in [6.07, 6.45) is 5.23. The van der Waals surface area contributed by atoms with Gasteiger partial charge in [-0.2, -0.15) is 0 Å². The standard InChI is InChI=1S/C18H23N3/c1-2-21(16-11-14-8-9-15(12-16)19-14)18-10-7-13-5-3-4-6-17(13)20-18/h3-7,10,14-16,19H,2,8-9,11-12H2,1H3. The number of hydrogen-bond acceptors (Lipinski definition) is 3. The maximum atomic E-state index is 4.90. The summed E-state index contributed by atoms with van der Waals surface area (Å²) in [5.41, 5.74) is 1.10. The number of rotatable bonds is 3. The zero-order chi connectivity index (χ0) is 14.2. The zero-order valence-corrected chi connectivity index (χ0v) is 12.6. The van der Waals surface area contributed by atoms with E-state index in [1.807, 2.05) is 0 Å². The van der Waals surface area contributed by atoms with Crippen LogP contribution in [0.2, 0.25) is 0 Å². The molecule has 2 atom stereocenters. The van der Waals surface area contributed by atoms with E-state index in [4.69, 9.17) is 4.98 Å². The molecule has 4 rings (SSSR count). The second-order valence-electron chi connectivity index (χ2n) is 6.41. The van der Waals surface area contributed by atoms with Crippen molar-refractivity contribution < 1.29 is 0 Å². The van der Waals surface area contributed by atoms with Crippen LogP contribution < -0.4 is 10.2 Å². The molecular weight excluding hydrogens is 258 g/mol. The number of nitrogens with zero attached hydrogens (tertiary/aromatic N) is 2. The van der Waals surface area contributed by atoms with Crippen molar-refractivity contribution in [3.63, 3.8) is 0 Å². The molecule has 3 heterocycles. The lowest BCUT2D eigenvalue weighted by Crippen LogP contribution is -2.48. The molecule has 2 bridgehead atoms. The molecule has 0 radical (unpaired) electrons. The van der Waals surface area contributed by atoms with Gasteiger partial charge >= 0.3 is 0 Å². The van der Waals surface area contributed by atoms with Crippen molar-refractivity contribution in [3.8, 4) is 0 Å². The number of aromatic nitrogens is 1. The molecule has 1 N–H and O–H groups in total. The van der Waals surface area contributed by atoms with Gasteiger partial charge in [0.15, 0.2) is 0 Å². The van der Waals surface area contributed by atoms with Gasteiger partial charge in [0.2, 0.25) is 0 Å². The van der Waals surface area contributed by atoms with Gasteiger partial charge < -0.3 is 10.2 Å². The van der Waals surface area contributed by atoms with Crippen molar-refractivity contribution in [1.29, 1.82) is 0 Å². The molecule has 0 aliphatic carbocycles. The fourth-order valence-electron chi connectivity index (χ4n) is 4.10. The van der Waals surface area contributed by atoms with Crippen molar-refractivity contribution >= 4 is 16.7 Å². The van der Waals surface area contributed by atoms with Crippen molar-refractivity contribution in [2.24, 2.45) is 0 Å². The summed E-state index contributed by atoms with van der Waals surface area (Å²) in [7, 11) is 0. The minimum atomic E-state index is 0.641. The second kappa shape index (κ2) is 5.30. The molecule has 2 unspecified atom stereocenters. The number of hydrogen-bond donors (Lipinski definition) is 1. The summed E-state index contributed by atoms with van der Waals surface area (Å²) < 4.78 is 0. The van der Waals surface area contributed by atoms with Gasteiger partial charge in [0.05, 0.1) is 5.52 Å². The highest BCUT2D eigenvalue weighted by atomic mass is 15.2. The zero-order valence-electron chi connectivity index (χ0n) is 12.6. The first kappa shape index (κ1) is 13.1. The van der Waals surface area contributed by atoms with E-state index in [2.05, 4.69) is 53.5 Å². The number of fused-ring (bicyclic) bond motifs is 3. The number of pyridine rings is 1. The van der Waals surface area contributed by atoms with Crippen molar-refractivity contribution in [2.75, 3.05) is 11.4 Å². The Hall–Kier alpha value is -1.61. The van der Waals surface area contributed by atoms with Gasteiger partial charge in [-0.3, -0.25) is 0 Å². The van der Waals surface area contributed by atoms with E-state index in [9.17, 15) is 0 Å². The molecule has 0 amide bonds. The average molecular weight is 281 g/mol. The molecule has 1 aromatic carbocycles. The lowest BCUT2D eigenvalue weighted by molar-refractivity contribution is 0.348.